The van der Waals surface area contributed by atoms with Crippen LogP contribution in [0.25, 0.3) is 0 Å². The van der Waals surface area contributed by atoms with E-state index >= 15 is 0 Å². The average molecular weight is 337 g/mol. The molecule has 1 N–H and O–H groups in total. The van der Waals surface area contributed by atoms with Crippen LogP contribution in [-0.2, 0) is 4.74 Å². The van der Waals surface area contributed by atoms with Crippen molar-refractivity contribution in [2.24, 2.45) is 0 Å². The molecule has 1 heterocycles. The summed E-state index contributed by atoms with van der Waals surface area (Å²) in [5.41, 5.74) is 2.70. The summed E-state index contributed by atoms with van der Waals surface area (Å²) in [6.45, 7) is 3.29. The van der Waals surface area contributed by atoms with E-state index in [9.17, 15) is 19.2 Å². The number of amides is 2. The van der Waals surface area contributed by atoms with Gasteiger partial charge in [0.15, 0.2) is 6.61 Å². The number of ether oxygens (including phenoxy) is 1. The molecule has 0 bridgehead atoms. The first-order valence-corrected chi connectivity index (χ1v) is 7.64. The number of carbonyl (C=O) groups is 4. The standard InChI is InChI=1S/C19H15NO5/c1-10-3-4-11(2)14(7-10)16(21)9-25-19(24)12-5-6-13-15(8-12)18(23)20-17(13)22/h3-8H,9H2,1-2H3,(H,20,22,23). The lowest BCUT2D eigenvalue weighted by Gasteiger charge is -2.08. The van der Waals surface area contributed by atoms with Crippen molar-refractivity contribution in [3.63, 3.8) is 0 Å². The van der Waals surface area contributed by atoms with Crippen LogP contribution < -0.4 is 5.32 Å². The molecule has 0 unspecified atom stereocenters. The number of nitrogens with one attached hydrogen (secondary N) is 1. The summed E-state index contributed by atoms with van der Waals surface area (Å²) in [7, 11) is 0. The summed E-state index contributed by atoms with van der Waals surface area (Å²) in [5.74, 6) is -2.08. The van der Waals surface area contributed by atoms with Crippen molar-refractivity contribution in [2.75, 3.05) is 6.61 Å². The van der Waals surface area contributed by atoms with Crippen molar-refractivity contribution < 1.29 is 23.9 Å². The van der Waals surface area contributed by atoms with E-state index in [1.807, 2.05) is 26.0 Å². The second-order valence-corrected chi connectivity index (χ2v) is 5.86. The lowest BCUT2D eigenvalue weighted by atomic mass is 10.0. The monoisotopic (exact) mass is 337 g/mol. The number of hydrogen-bond acceptors (Lipinski definition) is 5. The number of imide groups is 1. The van der Waals surface area contributed by atoms with Crippen LogP contribution >= 0.6 is 0 Å². The van der Waals surface area contributed by atoms with E-state index in [1.54, 1.807) is 6.07 Å². The molecule has 126 valence electrons. The quantitative estimate of drug-likeness (QED) is 0.525. The van der Waals surface area contributed by atoms with Gasteiger partial charge in [-0.1, -0.05) is 17.7 Å². The van der Waals surface area contributed by atoms with Crippen LogP contribution in [-0.4, -0.2) is 30.2 Å². The lowest BCUT2D eigenvalue weighted by Crippen LogP contribution is -2.19. The Bertz CT molecular complexity index is 929. The molecule has 2 aromatic carbocycles. The Kier molecular flexibility index (Phi) is 4.19. The van der Waals surface area contributed by atoms with Gasteiger partial charge in [-0.2, -0.15) is 0 Å². The fraction of sp³-hybridized carbons (Fsp3) is 0.158. The second-order valence-electron chi connectivity index (χ2n) is 5.86. The minimum atomic E-state index is -0.728. The van der Waals surface area contributed by atoms with Gasteiger partial charge < -0.3 is 4.74 Å². The first-order chi connectivity index (χ1) is 11.9. The molecule has 0 aromatic heterocycles. The first-order valence-electron chi connectivity index (χ1n) is 7.64. The van der Waals surface area contributed by atoms with E-state index < -0.39 is 24.4 Å². The van der Waals surface area contributed by atoms with Crippen LogP contribution in [0.4, 0.5) is 0 Å². The van der Waals surface area contributed by atoms with Crippen LogP contribution in [0.3, 0.4) is 0 Å². The smallest absolute Gasteiger partial charge is 0.338 e. The van der Waals surface area contributed by atoms with E-state index in [4.69, 9.17) is 4.74 Å². The molecule has 0 spiro atoms. The van der Waals surface area contributed by atoms with Crippen molar-refractivity contribution >= 4 is 23.6 Å². The Morgan fingerprint density at radius 3 is 2.44 bits per heavy atom. The summed E-state index contributed by atoms with van der Waals surface area (Å²) in [5, 5.41) is 2.15. The zero-order valence-electron chi connectivity index (χ0n) is 13.7. The molecule has 0 atom stereocenters. The Morgan fingerprint density at radius 1 is 0.960 bits per heavy atom. The van der Waals surface area contributed by atoms with Gasteiger partial charge in [0.2, 0.25) is 5.78 Å². The van der Waals surface area contributed by atoms with E-state index in [0.29, 0.717) is 5.56 Å². The molecule has 0 saturated carbocycles. The summed E-state index contributed by atoms with van der Waals surface area (Å²) < 4.78 is 5.06. The number of esters is 1. The normalized spacial score (nSPS) is 12.6. The Balaban J connectivity index is 1.72. The highest BCUT2D eigenvalue weighted by Crippen LogP contribution is 2.18. The third-order valence-corrected chi connectivity index (χ3v) is 4.00. The Labute approximate surface area is 143 Å². The van der Waals surface area contributed by atoms with Crippen LogP contribution in [0.5, 0.6) is 0 Å². The van der Waals surface area contributed by atoms with Crippen molar-refractivity contribution in [1.82, 2.24) is 5.32 Å². The number of Topliss-reactive ketones (excluding diaryl/α,β-unsaturated/α-hetero) is 1. The zero-order valence-corrected chi connectivity index (χ0v) is 13.7. The van der Waals surface area contributed by atoms with Gasteiger partial charge >= 0.3 is 5.97 Å². The topological polar surface area (TPSA) is 89.5 Å². The fourth-order valence-corrected chi connectivity index (χ4v) is 2.62. The SMILES string of the molecule is Cc1ccc(C)c(C(=O)COC(=O)c2ccc3c(c2)C(=O)NC3=O)c1. The van der Waals surface area contributed by atoms with Crippen molar-refractivity contribution in [1.29, 1.82) is 0 Å². The van der Waals surface area contributed by atoms with Crippen molar-refractivity contribution in [2.45, 2.75) is 13.8 Å². The molecule has 0 fully saturated rings. The molecule has 0 radical (unpaired) electrons. The van der Waals surface area contributed by atoms with Gasteiger partial charge in [-0.3, -0.25) is 19.7 Å². The summed E-state index contributed by atoms with van der Waals surface area (Å²) >= 11 is 0. The molecule has 2 amide bonds. The predicted octanol–water partition coefficient (Wildman–Crippen LogP) is 2.23. The number of aryl methyl sites for hydroxylation is 2. The van der Waals surface area contributed by atoms with Crippen molar-refractivity contribution in [3.05, 3.63) is 69.8 Å². The maximum absolute atomic E-state index is 12.2. The molecule has 3 rings (SSSR count). The predicted molar refractivity (Wildman–Crippen MR) is 88.8 cm³/mol. The highest BCUT2D eigenvalue weighted by atomic mass is 16.5. The van der Waals surface area contributed by atoms with Crippen LogP contribution in [0, 0.1) is 13.8 Å². The molecule has 6 nitrogen and oxygen atoms in total. The van der Waals surface area contributed by atoms with Crippen molar-refractivity contribution in [3.8, 4) is 0 Å². The van der Waals surface area contributed by atoms with Gasteiger partial charge in [0.1, 0.15) is 0 Å². The average Bonchev–Trinajstić information content (AvgIpc) is 2.88. The summed E-state index contributed by atoms with van der Waals surface area (Å²) in [6, 6.07) is 9.55. The number of fused-ring (bicyclic) bond motifs is 1. The molecule has 0 aliphatic carbocycles. The highest BCUT2D eigenvalue weighted by molar-refractivity contribution is 6.22. The maximum Gasteiger partial charge on any atom is 0.338 e. The van der Waals surface area contributed by atoms with Crippen LogP contribution in [0.2, 0.25) is 0 Å². The van der Waals surface area contributed by atoms with Crippen LogP contribution in [0.15, 0.2) is 36.4 Å². The highest BCUT2D eigenvalue weighted by Gasteiger charge is 2.27. The van der Waals surface area contributed by atoms with Gasteiger partial charge in [-0.05, 0) is 43.7 Å². The van der Waals surface area contributed by atoms with Gasteiger partial charge in [-0.25, -0.2) is 4.79 Å². The number of carbonyl (C=O) groups excluding carboxylic acids is 4. The minimum Gasteiger partial charge on any atom is -0.454 e. The van der Waals surface area contributed by atoms with E-state index in [2.05, 4.69) is 5.32 Å². The fourth-order valence-electron chi connectivity index (χ4n) is 2.62. The van der Waals surface area contributed by atoms with Gasteiger partial charge in [0.05, 0.1) is 16.7 Å². The number of hydrogen-bond donors (Lipinski definition) is 1. The second kappa shape index (κ2) is 6.32. The van der Waals surface area contributed by atoms with E-state index in [-0.39, 0.29) is 22.5 Å². The lowest BCUT2D eigenvalue weighted by molar-refractivity contribution is 0.0474. The molecule has 25 heavy (non-hydrogen) atoms. The third-order valence-electron chi connectivity index (χ3n) is 4.00. The van der Waals surface area contributed by atoms with Gasteiger partial charge in [0.25, 0.3) is 11.8 Å². The summed E-state index contributed by atoms with van der Waals surface area (Å²) in [6.07, 6.45) is 0. The molecular weight excluding hydrogens is 322 g/mol. The zero-order chi connectivity index (χ0) is 18.1. The van der Waals surface area contributed by atoms with E-state index in [0.717, 1.165) is 11.1 Å². The maximum atomic E-state index is 12.2. The molecule has 2 aromatic rings. The molecule has 1 aliphatic rings. The van der Waals surface area contributed by atoms with Gasteiger partial charge in [-0.15, -0.1) is 0 Å². The molecule has 0 saturated heterocycles. The Morgan fingerprint density at radius 2 is 1.68 bits per heavy atom. The van der Waals surface area contributed by atoms with Crippen LogP contribution in [0.1, 0.15) is 52.6 Å². The molecular formula is C19H15NO5. The summed E-state index contributed by atoms with van der Waals surface area (Å²) in [4.78, 5) is 47.5. The number of benzene rings is 2. The number of ketones is 1. The third kappa shape index (κ3) is 3.19. The molecule has 6 heteroatoms. The Hall–Kier alpha value is -3.28. The van der Waals surface area contributed by atoms with Gasteiger partial charge in [0, 0.05) is 5.56 Å². The first kappa shape index (κ1) is 16.6. The minimum absolute atomic E-state index is 0.109. The largest absolute Gasteiger partial charge is 0.454 e. The number of rotatable bonds is 4. The molecule has 1 aliphatic heterocycles. The van der Waals surface area contributed by atoms with E-state index in [1.165, 1.54) is 18.2 Å².